The van der Waals surface area contributed by atoms with Gasteiger partial charge in [-0.05, 0) is 55.0 Å². The fraction of sp³-hybridized carbons (Fsp3) is 0.312. The van der Waals surface area contributed by atoms with E-state index in [-0.39, 0.29) is 11.9 Å². The summed E-state index contributed by atoms with van der Waals surface area (Å²) in [5, 5.41) is 7.23. The average molecular weight is 288 g/mol. The normalized spacial score (nSPS) is 12.4. The molecular formula is C16H20N2OS. The minimum absolute atomic E-state index is 0.00909. The van der Waals surface area contributed by atoms with Gasteiger partial charge in [0.2, 0.25) is 0 Å². The van der Waals surface area contributed by atoms with Crippen LogP contribution in [0, 0.1) is 6.92 Å². The van der Waals surface area contributed by atoms with Crippen LogP contribution in [0.4, 0.5) is 0 Å². The van der Waals surface area contributed by atoms with Gasteiger partial charge in [-0.25, -0.2) is 0 Å². The molecule has 0 saturated carbocycles. The maximum atomic E-state index is 12.2. The molecule has 0 fully saturated rings. The zero-order valence-corrected chi connectivity index (χ0v) is 12.9. The van der Waals surface area contributed by atoms with Gasteiger partial charge in [0.05, 0.1) is 6.04 Å². The number of carbonyl (C=O) groups excluding carboxylic acids is 1. The molecular weight excluding hydrogens is 268 g/mol. The minimum atomic E-state index is -0.00909. The van der Waals surface area contributed by atoms with E-state index in [1.807, 2.05) is 45.3 Å². The highest BCUT2D eigenvalue weighted by atomic mass is 32.1. The molecule has 1 heterocycles. The third kappa shape index (κ3) is 3.46. The van der Waals surface area contributed by atoms with Crippen molar-refractivity contribution in [2.24, 2.45) is 0 Å². The highest BCUT2D eigenvalue weighted by Crippen LogP contribution is 2.20. The Bertz CT molecular complexity index is 564. The number of rotatable bonds is 5. The van der Waals surface area contributed by atoms with Gasteiger partial charge in [0.15, 0.2) is 0 Å². The lowest BCUT2D eigenvalue weighted by molar-refractivity contribution is 0.0941. The van der Waals surface area contributed by atoms with Crippen molar-refractivity contribution >= 4 is 17.2 Å². The number of thiophene rings is 1. The molecule has 1 aromatic heterocycles. The van der Waals surface area contributed by atoms with Crippen molar-refractivity contribution in [1.29, 1.82) is 0 Å². The summed E-state index contributed by atoms with van der Waals surface area (Å²) in [5.41, 5.74) is 2.99. The van der Waals surface area contributed by atoms with Crippen molar-refractivity contribution in [3.63, 3.8) is 0 Å². The summed E-state index contributed by atoms with van der Waals surface area (Å²) in [6.45, 7) is 2.56. The molecule has 0 bridgehead atoms. The van der Waals surface area contributed by atoms with E-state index in [2.05, 4.69) is 27.0 Å². The predicted octanol–water partition coefficient (Wildman–Crippen LogP) is 3.09. The first-order chi connectivity index (χ1) is 9.59. The number of benzene rings is 1. The van der Waals surface area contributed by atoms with E-state index in [4.69, 9.17) is 0 Å². The Labute approximate surface area is 124 Å². The summed E-state index contributed by atoms with van der Waals surface area (Å²) in [4.78, 5) is 14.4. The van der Waals surface area contributed by atoms with Crippen molar-refractivity contribution in [3.05, 3.63) is 57.8 Å². The Balaban J connectivity index is 2.03. The first-order valence-corrected chi connectivity index (χ1v) is 7.56. The summed E-state index contributed by atoms with van der Waals surface area (Å²) < 4.78 is 0. The number of aryl methyl sites for hydroxylation is 1. The summed E-state index contributed by atoms with van der Waals surface area (Å²) in [7, 11) is 4.06. The lowest BCUT2D eigenvalue weighted by atomic mass is 10.1. The fourth-order valence-electron chi connectivity index (χ4n) is 2.18. The molecule has 20 heavy (non-hydrogen) atoms. The molecule has 0 saturated heterocycles. The van der Waals surface area contributed by atoms with Crippen LogP contribution in [-0.4, -0.2) is 31.4 Å². The number of amides is 1. The molecule has 0 aliphatic carbocycles. The molecule has 0 spiro atoms. The number of hydrogen-bond acceptors (Lipinski definition) is 3. The summed E-state index contributed by atoms with van der Waals surface area (Å²) in [6.07, 6.45) is 0. The van der Waals surface area contributed by atoms with Crippen LogP contribution in [0.5, 0.6) is 0 Å². The van der Waals surface area contributed by atoms with E-state index < -0.39 is 0 Å². The highest BCUT2D eigenvalue weighted by Gasteiger charge is 2.16. The Kier molecular flexibility index (Phi) is 4.93. The first-order valence-electron chi connectivity index (χ1n) is 6.62. The number of hydrogen-bond donors (Lipinski definition) is 1. The Hall–Kier alpha value is -1.65. The molecule has 4 heteroatoms. The molecule has 1 aromatic carbocycles. The monoisotopic (exact) mass is 288 g/mol. The lowest BCUT2D eigenvalue weighted by Gasteiger charge is -2.24. The molecule has 1 atom stereocenters. The molecule has 1 amide bonds. The summed E-state index contributed by atoms with van der Waals surface area (Å²) in [5.74, 6) is -0.00909. The predicted molar refractivity (Wildman–Crippen MR) is 84.3 cm³/mol. The van der Waals surface area contributed by atoms with Crippen LogP contribution in [-0.2, 0) is 0 Å². The fourth-order valence-corrected chi connectivity index (χ4v) is 2.88. The average Bonchev–Trinajstić information content (AvgIpc) is 2.92. The molecule has 0 aliphatic heterocycles. The topological polar surface area (TPSA) is 32.3 Å². The van der Waals surface area contributed by atoms with Crippen LogP contribution in [0.15, 0.2) is 41.1 Å². The maximum Gasteiger partial charge on any atom is 0.251 e. The van der Waals surface area contributed by atoms with Gasteiger partial charge in [-0.15, -0.1) is 0 Å². The van der Waals surface area contributed by atoms with Gasteiger partial charge in [-0.1, -0.05) is 18.2 Å². The van der Waals surface area contributed by atoms with E-state index in [0.717, 1.165) is 11.1 Å². The van der Waals surface area contributed by atoms with Crippen LogP contribution in [0.3, 0.4) is 0 Å². The first kappa shape index (κ1) is 14.8. The Morgan fingerprint density at radius 2 is 2.05 bits per heavy atom. The smallest absolute Gasteiger partial charge is 0.251 e. The SMILES string of the molecule is Cc1ccccc1C(=O)NCC(c1ccsc1)N(C)C. The standard InChI is InChI=1S/C16H20N2OS/c1-12-6-4-5-7-14(12)16(19)17-10-15(18(2)3)13-8-9-20-11-13/h4-9,11,15H,10H2,1-3H3,(H,17,19). The van der Waals surface area contributed by atoms with Gasteiger partial charge in [-0.2, -0.15) is 11.3 Å². The van der Waals surface area contributed by atoms with Gasteiger partial charge >= 0.3 is 0 Å². The van der Waals surface area contributed by atoms with Crippen molar-refractivity contribution in [2.45, 2.75) is 13.0 Å². The Morgan fingerprint density at radius 1 is 1.30 bits per heavy atom. The maximum absolute atomic E-state index is 12.2. The van der Waals surface area contributed by atoms with Crippen molar-refractivity contribution in [2.75, 3.05) is 20.6 Å². The number of nitrogens with zero attached hydrogens (tertiary/aromatic N) is 1. The van der Waals surface area contributed by atoms with E-state index in [9.17, 15) is 4.79 Å². The van der Waals surface area contributed by atoms with Gasteiger partial charge < -0.3 is 10.2 Å². The van der Waals surface area contributed by atoms with Gasteiger partial charge in [-0.3, -0.25) is 4.79 Å². The third-order valence-electron chi connectivity index (χ3n) is 3.40. The van der Waals surface area contributed by atoms with Crippen LogP contribution in [0.1, 0.15) is 27.5 Å². The highest BCUT2D eigenvalue weighted by molar-refractivity contribution is 7.07. The second kappa shape index (κ2) is 6.68. The molecule has 1 N–H and O–H groups in total. The molecule has 2 rings (SSSR count). The molecule has 106 valence electrons. The summed E-state index contributed by atoms with van der Waals surface area (Å²) >= 11 is 1.68. The molecule has 3 nitrogen and oxygen atoms in total. The zero-order chi connectivity index (χ0) is 14.5. The van der Waals surface area contributed by atoms with Gasteiger partial charge in [0.25, 0.3) is 5.91 Å². The van der Waals surface area contributed by atoms with E-state index in [1.54, 1.807) is 11.3 Å². The van der Waals surface area contributed by atoms with Crippen LogP contribution in [0.25, 0.3) is 0 Å². The largest absolute Gasteiger partial charge is 0.350 e. The number of carbonyl (C=O) groups is 1. The number of likely N-dealkylation sites (N-methyl/N-ethyl adjacent to an activating group) is 1. The lowest BCUT2D eigenvalue weighted by Crippen LogP contribution is -2.34. The molecule has 0 aliphatic rings. The molecule has 0 radical (unpaired) electrons. The second-order valence-electron chi connectivity index (χ2n) is 5.06. The van der Waals surface area contributed by atoms with Crippen molar-refractivity contribution in [3.8, 4) is 0 Å². The van der Waals surface area contributed by atoms with Crippen LogP contribution in [0.2, 0.25) is 0 Å². The van der Waals surface area contributed by atoms with Gasteiger partial charge in [0.1, 0.15) is 0 Å². The minimum Gasteiger partial charge on any atom is -0.350 e. The van der Waals surface area contributed by atoms with E-state index in [1.165, 1.54) is 5.56 Å². The second-order valence-corrected chi connectivity index (χ2v) is 5.84. The van der Waals surface area contributed by atoms with Crippen molar-refractivity contribution < 1.29 is 4.79 Å². The van der Waals surface area contributed by atoms with Crippen molar-refractivity contribution in [1.82, 2.24) is 10.2 Å². The van der Waals surface area contributed by atoms with E-state index >= 15 is 0 Å². The van der Waals surface area contributed by atoms with Crippen LogP contribution >= 0.6 is 11.3 Å². The zero-order valence-electron chi connectivity index (χ0n) is 12.1. The third-order valence-corrected chi connectivity index (χ3v) is 4.10. The molecule has 1 unspecified atom stereocenters. The van der Waals surface area contributed by atoms with Crippen LogP contribution < -0.4 is 5.32 Å². The van der Waals surface area contributed by atoms with E-state index in [0.29, 0.717) is 6.54 Å². The summed E-state index contributed by atoms with van der Waals surface area (Å²) in [6, 6.07) is 9.96. The quantitative estimate of drug-likeness (QED) is 0.917. The molecule has 2 aromatic rings. The Morgan fingerprint density at radius 3 is 2.65 bits per heavy atom. The number of nitrogens with one attached hydrogen (secondary N) is 1. The van der Waals surface area contributed by atoms with Gasteiger partial charge in [0, 0.05) is 12.1 Å².